The molecule has 3 heterocycles. The predicted molar refractivity (Wildman–Crippen MR) is 218 cm³/mol. The van der Waals surface area contributed by atoms with Gasteiger partial charge in [0.25, 0.3) is 0 Å². The van der Waals surface area contributed by atoms with E-state index in [1.807, 2.05) is 39.8 Å². The van der Waals surface area contributed by atoms with Gasteiger partial charge in [-0.2, -0.15) is 39.5 Å². The Morgan fingerprint density at radius 1 is 0.710 bits per heavy atom. The highest BCUT2D eigenvalue weighted by Crippen LogP contribution is 2.41. The minimum atomic E-state index is -4.74. The molecule has 3 aliphatic rings. The van der Waals surface area contributed by atoms with E-state index < -0.39 is 71.8 Å². The van der Waals surface area contributed by atoms with Gasteiger partial charge in [0.1, 0.15) is 0 Å². The monoisotopic (exact) mass is 896 g/mol. The summed E-state index contributed by atoms with van der Waals surface area (Å²) in [6.45, 7) is 14.9. The van der Waals surface area contributed by atoms with E-state index in [0.29, 0.717) is 40.4 Å². The Morgan fingerprint density at radius 3 is 1.73 bits per heavy atom. The molecule has 0 bridgehead atoms. The van der Waals surface area contributed by atoms with Crippen LogP contribution in [-0.2, 0) is 43.3 Å². The zero-order chi connectivity index (χ0) is 46.5. The van der Waals surface area contributed by atoms with Crippen molar-refractivity contribution in [2.45, 2.75) is 90.2 Å². The largest absolute Gasteiger partial charge is 0.492 e. The van der Waals surface area contributed by atoms with Crippen molar-refractivity contribution in [3.63, 3.8) is 0 Å². The predicted octanol–water partition coefficient (Wildman–Crippen LogP) is 9.61. The molecular weight excluding hydrogens is 857 g/mol. The highest BCUT2D eigenvalue weighted by Gasteiger charge is 2.44. The third-order valence-electron chi connectivity index (χ3n) is 10.4. The van der Waals surface area contributed by atoms with Crippen molar-refractivity contribution in [3.8, 4) is 0 Å². The molecule has 20 heteroatoms. The Bertz CT molecular complexity index is 2440. The van der Waals surface area contributed by atoms with Gasteiger partial charge in [0, 0.05) is 12.0 Å². The Labute approximate surface area is 356 Å². The molecule has 62 heavy (non-hydrogen) atoms. The number of fused-ring (bicyclic) bond motifs is 2. The summed E-state index contributed by atoms with van der Waals surface area (Å²) in [7, 11) is -1.89. The van der Waals surface area contributed by atoms with Gasteiger partial charge in [-0.25, -0.2) is 0 Å². The summed E-state index contributed by atoms with van der Waals surface area (Å²) in [5.74, 6) is 0. The lowest BCUT2D eigenvalue weighted by Crippen LogP contribution is -2.28. The van der Waals surface area contributed by atoms with Gasteiger partial charge in [-0.3, -0.25) is 0 Å². The Kier molecular flexibility index (Phi) is 13.3. The molecule has 3 aliphatic heterocycles. The number of rotatable bonds is 4. The zero-order valence-corrected chi connectivity index (χ0v) is 35.0. The molecule has 0 radical (unpaired) electrons. The fraction of sp³-hybridized carbons (Fsp3) is 0.333. The lowest BCUT2D eigenvalue weighted by atomic mass is 9.77. The van der Waals surface area contributed by atoms with Crippen LogP contribution in [0, 0.1) is 13.8 Å². The molecule has 7 rings (SSSR count). The maximum absolute atomic E-state index is 13.2. The van der Waals surface area contributed by atoms with Crippen LogP contribution in [0.25, 0.3) is 5.57 Å². The average molecular weight is 897 g/mol. The van der Waals surface area contributed by atoms with E-state index >= 15 is 0 Å². The quantitative estimate of drug-likeness (QED) is 0.0619. The standard InChI is InChI=1S/C21H21BF3NO3.C11H8F6.C10H11BClNO3/c1-12-7-14(10-15(8-12)21(23,24)25)20(4)11-18(26-29-20)13-5-6-17-16(9-13)19(2,3)28-22(17)27;1-6-3-8(7(2)10(12,13)14)5-9(4-6)11(15,16)17;1-10(2)7-5-6(9(12)13-15)3-4-8(7)11(14)16-10/h5-10,27H,11H2,1-4H3;3-5H,2H2,1H3;3-5,14-15H,1-2H3. The molecule has 0 amide bonds. The summed E-state index contributed by atoms with van der Waals surface area (Å²) in [5, 5.41) is 35.4. The second-order valence-corrected chi connectivity index (χ2v) is 16.5. The van der Waals surface area contributed by atoms with Gasteiger partial charge in [-0.1, -0.05) is 70.5 Å². The van der Waals surface area contributed by atoms with Gasteiger partial charge in [0.2, 0.25) is 0 Å². The number of nitrogens with zero attached hydrogens (tertiary/aromatic N) is 2. The molecule has 4 aromatic rings. The maximum atomic E-state index is 13.2. The van der Waals surface area contributed by atoms with E-state index in [0.717, 1.165) is 46.4 Å². The van der Waals surface area contributed by atoms with Crippen molar-refractivity contribution < 1.29 is 68.9 Å². The molecule has 330 valence electrons. The number of hydrogen-bond acceptors (Lipinski definition) is 8. The zero-order valence-electron chi connectivity index (χ0n) is 34.2. The third-order valence-corrected chi connectivity index (χ3v) is 10.7. The Balaban J connectivity index is 0.000000189. The minimum Gasteiger partial charge on any atom is -0.423 e. The molecule has 0 aromatic heterocycles. The van der Waals surface area contributed by atoms with E-state index in [1.54, 1.807) is 44.2 Å². The van der Waals surface area contributed by atoms with Crippen LogP contribution in [0.1, 0.15) is 96.7 Å². The van der Waals surface area contributed by atoms with E-state index in [4.69, 9.17) is 31.0 Å². The molecule has 3 N–H and O–H groups in total. The SMILES string of the molecule is C=C(c1cc(C)cc(C(F)(F)F)c1)C(F)(F)F.CC1(C)OB(O)c2ccc(C(Cl)=NO)cc21.Cc1cc(C(F)(F)F)cc(C2(C)CC(c3ccc4c(c3)C(C)(C)OB4O)=NO2)c1. The first-order chi connectivity index (χ1) is 28.4. The minimum absolute atomic E-state index is 0.0139. The molecule has 0 saturated carbocycles. The Morgan fingerprint density at radius 2 is 1.21 bits per heavy atom. The van der Waals surface area contributed by atoms with E-state index in [2.05, 4.69) is 16.9 Å². The van der Waals surface area contributed by atoms with Crippen molar-refractivity contribution >= 4 is 53.2 Å². The molecule has 0 aliphatic carbocycles. The highest BCUT2D eigenvalue weighted by atomic mass is 35.5. The average Bonchev–Trinajstić information content (AvgIpc) is 3.76. The van der Waals surface area contributed by atoms with Crippen molar-refractivity contribution in [3.05, 3.63) is 135 Å². The van der Waals surface area contributed by atoms with Crippen LogP contribution in [0.3, 0.4) is 0 Å². The maximum Gasteiger partial charge on any atom is 0.492 e. The topological polar surface area (TPSA) is 113 Å². The second-order valence-electron chi connectivity index (χ2n) is 16.1. The van der Waals surface area contributed by atoms with E-state index in [1.165, 1.54) is 6.92 Å². The third kappa shape index (κ3) is 10.5. The van der Waals surface area contributed by atoms with Gasteiger partial charge in [0.05, 0.1) is 33.6 Å². The van der Waals surface area contributed by atoms with Crippen LogP contribution in [0.15, 0.2) is 89.7 Å². The van der Waals surface area contributed by atoms with Gasteiger partial charge in [-0.15, -0.1) is 0 Å². The molecular formula is C42H40B2ClF9N2O6. The highest BCUT2D eigenvalue weighted by molar-refractivity contribution is 6.69. The molecule has 8 nitrogen and oxygen atoms in total. The first kappa shape index (κ1) is 48.2. The number of halogens is 10. The second kappa shape index (κ2) is 17.1. The molecule has 1 unspecified atom stereocenters. The molecule has 1 atom stereocenters. The van der Waals surface area contributed by atoms with Crippen LogP contribution in [0.5, 0.6) is 0 Å². The van der Waals surface area contributed by atoms with Crippen LogP contribution < -0.4 is 10.9 Å². The van der Waals surface area contributed by atoms with Crippen LogP contribution >= 0.6 is 11.6 Å². The lowest BCUT2D eigenvalue weighted by molar-refractivity contribution is -0.138. The summed E-state index contributed by atoms with van der Waals surface area (Å²) in [4.78, 5) is 5.65. The van der Waals surface area contributed by atoms with E-state index in [9.17, 15) is 49.6 Å². The summed E-state index contributed by atoms with van der Waals surface area (Å²) in [5.41, 5.74) is 0.320. The van der Waals surface area contributed by atoms with Gasteiger partial charge in [0.15, 0.2) is 10.8 Å². The van der Waals surface area contributed by atoms with Crippen LogP contribution in [0.2, 0.25) is 0 Å². The number of benzene rings is 4. The van der Waals surface area contributed by atoms with Gasteiger partial charge >= 0.3 is 32.8 Å². The Hall–Kier alpha value is -4.81. The van der Waals surface area contributed by atoms with Crippen LogP contribution in [-0.4, -0.2) is 46.6 Å². The van der Waals surface area contributed by atoms with Crippen molar-refractivity contribution in [1.29, 1.82) is 0 Å². The fourth-order valence-corrected chi connectivity index (χ4v) is 7.27. The number of aryl methyl sites for hydroxylation is 2. The molecule has 0 fully saturated rings. The first-order valence-electron chi connectivity index (χ1n) is 18.6. The van der Waals surface area contributed by atoms with E-state index in [-0.39, 0.29) is 10.7 Å². The van der Waals surface area contributed by atoms with Crippen molar-refractivity contribution in [2.75, 3.05) is 0 Å². The first-order valence-corrected chi connectivity index (χ1v) is 19.0. The number of allylic oxidation sites excluding steroid dienone is 1. The van der Waals surface area contributed by atoms with Crippen molar-refractivity contribution in [2.24, 2.45) is 10.3 Å². The summed E-state index contributed by atoms with van der Waals surface area (Å²) >= 11 is 5.72. The summed E-state index contributed by atoms with van der Waals surface area (Å²) in [6, 6.07) is 16.9. The molecule has 4 aromatic carbocycles. The fourth-order valence-electron chi connectivity index (χ4n) is 7.15. The summed E-state index contributed by atoms with van der Waals surface area (Å²) < 4.78 is 125. The summed E-state index contributed by atoms with van der Waals surface area (Å²) in [6.07, 6.45) is -13.5. The normalized spacial score (nSPS) is 19.1. The van der Waals surface area contributed by atoms with Gasteiger partial charge in [-0.05, 0) is 129 Å². The van der Waals surface area contributed by atoms with Gasteiger partial charge < -0.3 is 29.4 Å². The molecule has 0 saturated heterocycles. The number of hydrogen-bond donors (Lipinski definition) is 3. The van der Waals surface area contributed by atoms with Crippen LogP contribution in [0.4, 0.5) is 39.5 Å². The number of alkyl halides is 9. The van der Waals surface area contributed by atoms with Crippen molar-refractivity contribution in [1.82, 2.24) is 0 Å². The lowest BCUT2D eigenvalue weighted by Gasteiger charge is -2.24. The number of oxime groups is 2. The smallest absolute Gasteiger partial charge is 0.423 e. The molecule has 0 spiro atoms.